The van der Waals surface area contributed by atoms with Gasteiger partial charge in [-0.05, 0) is 34.1 Å². The van der Waals surface area contributed by atoms with E-state index in [0.29, 0.717) is 37.7 Å². The Balaban J connectivity index is 2.35. The molecule has 0 fully saturated rings. The Morgan fingerprint density at radius 1 is 1.28 bits per heavy atom. The number of benzene rings is 1. The van der Waals surface area contributed by atoms with Crippen molar-refractivity contribution in [1.82, 2.24) is 0 Å². The van der Waals surface area contributed by atoms with Gasteiger partial charge in [0, 0.05) is 17.1 Å². The van der Waals surface area contributed by atoms with Gasteiger partial charge in [-0.15, -0.1) is 0 Å². The summed E-state index contributed by atoms with van der Waals surface area (Å²) < 4.78 is 16.4. The standard InChI is InChI=1S/C12H17BrN2O3/c1-16-4-5-17-6-7-18-9-2-3-10(12(14)15)11(13)8-9/h2-3,8H,4-7H2,1H3,(H3,14,15). The highest BCUT2D eigenvalue weighted by atomic mass is 79.9. The number of nitrogens with one attached hydrogen (secondary N) is 1. The SMILES string of the molecule is COCCOCCOc1ccc(C(=N)N)c(Br)c1. The number of rotatable bonds is 8. The van der Waals surface area contributed by atoms with Gasteiger partial charge in [-0.25, -0.2) is 0 Å². The van der Waals surface area contributed by atoms with E-state index in [1.807, 2.05) is 0 Å². The van der Waals surface area contributed by atoms with Crippen LogP contribution in [0.15, 0.2) is 22.7 Å². The molecule has 3 N–H and O–H groups in total. The molecule has 5 nitrogen and oxygen atoms in total. The highest BCUT2D eigenvalue weighted by molar-refractivity contribution is 9.10. The molecule has 0 atom stereocenters. The molecule has 0 aliphatic heterocycles. The summed E-state index contributed by atoms with van der Waals surface area (Å²) in [4.78, 5) is 0. The number of halogens is 1. The van der Waals surface area contributed by atoms with Crippen molar-refractivity contribution >= 4 is 21.8 Å². The molecule has 18 heavy (non-hydrogen) atoms. The van der Waals surface area contributed by atoms with Gasteiger partial charge in [0.05, 0.1) is 19.8 Å². The molecule has 0 radical (unpaired) electrons. The maximum atomic E-state index is 7.35. The maximum Gasteiger partial charge on any atom is 0.123 e. The van der Waals surface area contributed by atoms with Gasteiger partial charge in [-0.1, -0.05) is 0 Å². The summed E-state index contributed by atoms with van der Waals surface area (Å²) in [5.74, 6) is 0.735. The lowest BCUT2D eigenvalue weighted by molar-refractivity contribution is 0.0544. The Morgan fingerprint density at radius 3 is 2.61 bits per heavy atom. The van der Waals surface area contributed by atoms with Crippen LogP contribution in [0.25, 0.3) is 0 Å². The Labute approximate surface area is 115 Å². The average Bonchev–Trinajstić information content (AvgIpc) is 2.33. The van der Waals surface area contributed by atoms with Crippen LogP contribution in [-0.4, -0.2) is 39.4 Å². The molecule has 0 saturated carbocycles. The molecule has 0 spiro atoms. The number of amidine groups is 1. The van der Waals surface area contributed by atoms with Crippen LogP contribution in [0.4, 0.5) is 0 Å². The lowest BCUT2D eigenvalue weighted by atomic mass is 10.2. The lowest BCUT2D eigenvalue weighted by Crippen LogP contribution is -2.12. The second kappa shape index (κ2) is 8.07. The van der Waals surface area contributed by atoms with Crippen molar-refractivity contribution in [2.75, 3.05) is 33.5 Å². The van der Waals surface area contributed by atoms with Gasteiger partial charge in [-0.3, -0.25) is 5.41 Å². The molecule has 1 aromatic rings. The number of nitrogens with two attached hydrogens (primary N) is 1. The second-order valence-electron chi connectivity index (χ2n) is 3.51. The zero-order chi connectivity index (χ0) is 13.4. The minimum atomic E-state index is 0.0244. The molecule has 0 saturated heterocycles. The number of nitrogen functional groups attached to an aromatic ring is 1. The van der Waals surface area contributed by atoms with Gasteiger partial charge in [0.2, 0.25) is 0 Å². The Morgan fingerprint density at radius 2 is 2.00 bits per heavy atom. The van der Waals surface area contributed by atoms with E-state index in [1.165, 1.54) is 0 Å². The fourth-order valence-electron chi connectivity index (χ4n) is 1.27. The molecule has 1 rings (SSSR count). The van der Waals surface area contributed by atoms with Gasteiger partial charge in [0.1, 0.15) is 18.2 Å². The minimum Gasteiger partial charge on any atom is -0.491 e. The third kappa shape index (κ3) is 5.03. The molecule has 0 aliphatic carbocycles. The van der Waals surface area contributed by atoms with Crippen molar-refractivity contribution in [2.24, 2.45) is 5.73 Å². The number of hydrogen-bond acceptors (Lipinski definition) is 4. The monoisotopic (exact) mass is 316 g/mol. The largest absolute Gasteiger partial charge is 0.491 e. The Kier molecular flexibility index (Phi) is 6.70. The van der Waals surface area contributed by atoms with Crippen molar-refractivity contribution in [3.05, 3.63) is 28.2 Å². The normalized spacial score (nSPS) is 10.3. The van der Waals surface area contributed by atoms with E-state index >= 15 is 0 Å². The van der Waals surface area contributed by atoms with Crippen molar-refractivity contribution in [3.8, 4) is 5.75 Å². The first-order valence-electron chi connectivity index (χ1n) is 5.48. The van der Waals surface area contributed by atoms with E-state index in [2.05, 4.69) is 15.9 Å². The molecule has 0 amide bonds. The van der Waals surface area contributed by atoms with Gasteiger partial charge in [-0.2, -0.15) is 0 Å². The number of methoxy groups -OCH3 is 1. The van der Waals surface area contributed by atoms with Crippen molar-refractivity contribution < 1.29 is 14.2 Å². The van der Waals surface area contributed by atoms with Crippen LogP contribution in [0.3, 0.4) is 0 Å². The van der Waals surface area contributed by atoms with E-state index in [0.717, 1.165) is 4.47 Å². The average molecular weight is 317 g/mol. The summed E-state index contributed by atoms with van der Waals surface area (Å²) in [5.41, 5.74) is 6.07. The summed E-state index contributed by atoms with van der Waals surface area (Å²) in [6.45, 7) is 2.12. The van der Waals surface area contributed by atoms with Crippen LogP contribution in [-0.2, 0) is 9.47 Å². The molecule has 0 aromatic heterocycles. The number of ether oxygens (including phenoxy) is 3. The summed E-state index contributed by atoms with van der Waals surface area (Å²) in [5, 5.41) is 7.35. The Bertz CT molecular complexity index is 399. The van der Waals surface area contributed by atoms with Gasteiger partial charge in [0.25, 0.3) is 0 Å². The molecule has 0 heterocycles. The highest BCUT2D eigenvalue weighted by Crippen LogP contribution is 2.22. The predicted molar refractivity (Wildman–Crippen MR) is 73.3 cm³/mol. The summed E-state index contributed by atoms with van der Waals surface area (Å²) >= 11 is 3.34. The summed E-state index contributed by atoms with van der Waals surface area (Å²) in [6.07, 6.45) is 0. The van der Waals surface area contributed by atoms with Crippen molar-refractivity contribution in [1.29, 1.82) is 5.41 Å². The first-order chi connectivity index (χ1) is 8.65. The van der Waals surface area contributed by atoms with Crippen LogP contribution in [0.1, 0.15) is 5.56 Å². The molecule has 0 bridgehead atoms. The lowest BCUT2D eigenvalue weighted by Gasteiger charge is -2.09. The Hall–Kier alpha value is -1.11. The molecule has 0 unspecified atom stereocenters. The first-order valence-corrected chi connectivity index (χ1v) is 6.28. The molecular weight excluding hydrogens is 300 g/mol. The van der Waals surface area contributed by atoms with E-state index in [-0.39, 0.29) is 5.84 Å². The number of hydrogen-bond donors (Lipinski definition) is 2. The van der Waals surface area contributed by atoms with Gasteiger partial charge >= 0.3 is 0 Å². The molecule has 6 heteroatoms. The third-order valence-corrected chi connectivity index (χ3v) is 2.82. The van der Waals surface area contributed by atoms with Crippen LogP contribution in [0.2, 0.25) is 0 Å². The van der Waals surface area contributed by atoms with Crippen LogP contribution in [0.5, 0.6) is 5.75 Å². The van der Waals surface area contributed by atoms with E-state index < -0.39 is 0 Å². The maximum absolute atomic E-state index is 7.35. The van der Waals surface area contributed by atoms with Crippen LogP contribution in [0, 0.1) is 5.41 Å². The predicted octanol–water partition coefficient (Wildman–Crippen LogP) is 1.77. The fraction of sp³-hybridized carbons (Fsp3) is 0.417. The zero-order valence-corrected chi connectivity index (χ0v) is 11.8. The van der Waals surface area contributed by atoms with Crippen molar-refractivity contribution in [3.63, 3.8) is 0 Å². The van der Waals surface area contributed by atoms with Gasteiger partial charge < -0.3 is 19.9 Å². The van der Waals surface area contributed by atoms with Crippen LogP contribution >= 0.6 is 15.9 Å². The molecule has 1 aromatic carbocycles. The van der Waals surface area contributed by atoms with E-state index in [9.17, 15) is 0 Å². The van der Waals surface area contributed by atoms with E-state index in [4.69, 9.17) is 25.4 Å². The molecule has 100 valence electrons. The smallest absolute Gasteiger partial charge is 0.123 e. The molecule has 0 aliphatic rings. The second-order valence-corrected chi connectivity index (χ2v) is 4.36. The van der Waals surface area contributed by atoms with Gasteiger partial charge in [0.15, 0.2) is 0 Å². The minimum absolute atomic E-state index is 0.0244. The summed E-state index contributed by atoms with van der Waals surface area (Å²) in [6, 6.07) is 5.30. The third-order valence-electron chi connectivity index (χ3n) is 2.16. The van der Waals surface area contributed by atoms with Crippen molar-refractivity contribution in [2.45, 2.75) is 0 Å². The zero-order valence-electron chi connectivity index (χ0n) is 10.2. The highest BCUT2D eigenvalue weighted by Gasteiger charge is 2.04. The quantitative estimate of drug-likeness (QED) is 0.435. The van der Waals surface area contributed by atoms with E-state index in [1.54, 1.807) is 25.3 Å². The fourth-order valence-corrected chi connectivity index (χ4v) is 1.84. The van der Waals surface area contributed by atoms with Crippen LogP contribution < -0.4 is 10.5 Å². The topological polar surface area (TPSA) is 77.6 Å². The summed E-state index contributed by atoms with van der Waals surface area (Å²) in [7, 11) is 1.63. The molecular formula is C12H17BrN2O3. The first kappa shape index (κ1) is 14.9.